The summed E-state index contributed by atoms with van der Waals surface area (Å²) in [7, 11) is 0. The van der Waals surface area contributed by atoms with E-state index in [1.165, 1.54) is 17.3 Å². The summed E-state index contributed by atoms with van der Waals surface area (Å²) in [6, 6.07) is 8.36. The molecule has 0 fully saturated rings. The van der Waals surface area contributed by atoms with Gasteiger partial charge in [0.15, 0.2) is 0 Å². The summed E-state index contributed by atoms with van der Waals surface area (Å²) in [6.45, 7) is 0.0676. The highest BCUT2D eigenvalue weighted by molar-refractivity contribution is 6.44. The second-order valence-electron chi connectivity index (χ2n) is 5.25. The molecule has 0 aliphatic rings. The first-order valence-corrected chi connectivity index (χ1v) is 9.36. The predicted octanol–water partition coefficient (Wildman–Crippen LogP) is 6.22. The molecule has 0 atom stereocenters. The van der Waals surface area contributed by atoms with Gasteiger partial charge in [-0.3, -0.25) is 10.3 Å². The van der Waals surface area contributed by atoms with Crippen LogP contribution in [0.3, 0.4) is 0 Å². The van der Waals surface area contributed by atoms with Gasteiger partial charge in [-0.1, -0.05) is 58.0 Å². The van der Waals surface area contributed by atoms with Crippen LogP contribution in [0.5, 0.6) is 0 Å². The van der Waals surface area contributed by atoms with Crippen LogP contribution in [0.15, 0.2) is 43.0 Å². The van der Waals surface area contributed by atoms with Crippen LogP contribution in [0.2, 0.25) is 25.1 Å². The van der Waals surface area contributed by atoms with E-state index in [9.17, 15) is 0 Å². The zero-order valence-corrected chi connectivity index (χ0v) is 17.2. The minimum Gasteiger partial charge on any atom is -0.271 e. The fraction of sp³-hybridized carbons (Fsp3) is 0.0588. The molecular weight excluding hydrogens is 453 g/mol. The van der Waals surface area contributed by atoms with E-state index in [1.54, 1.807) is 36.5 Å². The Morgan fingerprint density at radius 2 is 1.81 bits per heavy atom. The van der Waals surface area contributed by atoms with Gasteiger partial charge in [0.2, 0.25) is 0 Å². The minimum atomic E-state index is 0.0676. The van der Waals surface area contributed by atoms with Gasteiger partial charge in [-0.25, -0.2) is 9.67 Å². The average Bonchev–Trinajstić information content (AvgIpc) is 3.13. The molecule has 5 nitrogen and oxygen atoms in total. The second-order valence-corrected chi connectivity index (χ2v) is 7.29. The summed E-state index contributed by atoms with van der Waals surface area (Å²) >= 11 is 30.7. The van der Waals surface area contributed by atoms with Gasteiger partial charge in [-0.2, -0.15) is 5.10 Å². The molecule has 0 amide bonds. The van der Waals surface area contributed by atoms with Crippen LogP contribution in [0.25, 0.3) is 11.9 Å². The Morgan fingerprint density at radius 3 is 2.52 bits per heavy atom. The molecule has 0 aliphatic carbocycles. The third kappa shape index (κ3) is 5.08. The van der Waals surface area contributed by atoms with Crippen LogP contribution in [0.4, 0.5) is 0 Å². The molecule has 0 radical (unpaired) electrons. The SMILES string of the molecule is Clc1ccc(C(=Cn2cncn2)NOCc2c(Cl)ccc(Cl)c2Cl)c(Cl)c1. The van der Waals surface area contributed by atoms with Crippen molar-refractivity contribution in [3.8, 4) is 0 Å². The monoisotopic (exact) mass is 462 g/mol. The van der Waals surface area contributed by atoms with Gasteiger partial charge in [0, 0.05) is 21.2 Å². The molecule has 2 aromatic carbocycles. The molecule has 3 rings (SSSR count). The first-order valence-electron chi connectivity index (χ1n) is 7.47. The summed E-state index contributed by atoms with van der Waals surface area (Å²) in [5, 5.41) is 6.15. The number of hydrogen-bond acceptors (Lipinski definition) is 4. The van der Waals surface area contributed by atoms with Crippen LogP contribution in [-0.4, -0.2) is 14.8 Å². The molecule has 1 aromatic heterocycles. The van der Waals surface area contributed by atoms with Crippen molar-refractivity contribution in [1.29, 1.82) is 0 Å². The van der Waals surface area contributed by atoms with E-state index in [4.69, 9.17) is 62.8 Å². The summed E-state index contributed by atoms with van der Waals surface area (Å²) in [6.07, 6.45) is 4.59. The third-order valence-electron chi connectivity index (χ3n) is 3.46. The quantitative estimate of drug-likeness (QED) is 0.347. The Balaban J connectivity index is 1.84. The van der Waals surface area contributed by atoms with Crippen molar-refractivity contribution in [2.75, 3.05) is 0 Å². The van der Waals surface area contributed by atoms with E-state index < -0.39 is 0 Å². The van der Waals surface area contributed by atoms with Gasteiger partial charge in [-0.15, -0.1) is 0 Å². The smallest absolute Gasteiger partial charge is 0.138 e. The number of hydroxylamine groups is 1. The van der Waals surface area contributed by atoms with Gasteiger partial charge in [0.1, 0.15) is 19.3 Å². The maximum Gasteiger partial charge on any atom is 0.138 e. The molecule has 0 saturated carbocycles. The van der Waals surface area contributed by atoms with E-state index in [2.05, 4.69) is 15.6 Å². The van der Waals surface area contributed by atoms with Gasteiger partial charge in [-0.05, 0) is 30.3 Å². The van der Waals surface area contributed by atoms with Crippen molar-refractivity contribution in [1.82, 2.24) is 20.2 Å². The van der Waals surface area contributed by atoms with E-state index in [0.717, 1.165) is 0 Å². The maximum absolute atomic E-state index is 6.31. The lowest BCUT2D eigenvalue weighted by Gasteiger charge is -2.14. The Kier molecular flexibility index (Phi) is 6.87. The zero-order valence-electron chi connectivity index (χ0n) is 13.5. The number of benzene rings is 2. The first-order chi connectivity index (χ1) is 13.0. The van der Waals surface area contributed by atoms with E-state index in [0.29, 0.717) is 41.9 Å². The van der Waals surface area contributed by atoms with Gasteiger partial charge in [0.25, 0.3) is 0 Å². The summed E-state index contributed by atoms with van der Waals surface area (Å²) in [5.74, 6) is 0. The highest BCUT2D eigenvalue weighted by Gasteiger charge is 2.12. The number of rotatable bonds is 6. The normalized spacial score (nSPS) is 11.7. The van der Waals surface area contributed by atoms with Crippen LogP contribution < -0.4 is 5.48 Å². The van der Waals surface area contributed by atoms with Crippen LogP contribution in [-0.2, 0) is 11.4 Å². The third-order valence-corrected chi connectivity index (χ3v) is 5.20. The highest BCUT2D eigenvalue weighted by Crippen LogP contribution is 2.32. The molecule has 1 heterocycles. The summed E-state index contributed by atoms with van der Waals surface area (Å²) < 4.78 is 1.50. The van der Waals surface area contributed by atoms with Crippen molar-refractivity contribution in [2.45, 2.75) is 6.61 Å². The molecule has 1 N–H and O–H groups in total. The van der Waals surface area contributed by atoms with Gasteiger partial charge < -0.3 is 0 Å². The van der Waals surface area contributed by atoms with Crippen molar-refractivity contribution in [3.63, 3.8) is 0 Å². The van der Waals surface area contributed by atoms with Crippen molar-refractivity contribution in [2.24, 2.45) is 0 Å². The van der Waals surface area contributed by atoms with Crippen LogP contribution in [0.1, 0.15) is 11.1 Å². The molecule has 10 heteroatoms. The standard InChI is InChI=1S/C17H11Cl5N4O/c18-10-1-2-11(15(21)5-10)16(6-26-9-23-8-24-26)25-27-7-12-13(19)3-4-14(20)17(12)22/h1-6,8-9,25H,7H2. The average molecular weight is 465 g/mol. The number of aromatic nitrogens is 3. The lowest BCUT2D eigenvalue weighted by Crippen LogP contribution is -2.15. The van der Waals surface area contributed by atoms with Crippen molar-refractivity contribution in [3.05, 3.63) is 79.2 Å². The molecule has 0 bridgehead atoms. The lowest BCUT2D eigenvalue weighted by atomic mass is 10.2. The highest BCUT2D eigenvalue weighted by atomic mass is 35.5. The summed E-state index contributed by atoms with van der Waals surface area (Å²) in [5.41, 5.74) is 4.57. The number of halogens is 5. The molecule has 140 valence electrons. The fourth-order valence-electron chi connectivity index (χ4n) is 2.16. The minimum absolute atomic E-state index is 0.0676. The van der Waals surface area contributed by atoms with Crippen LogP contribution in [0, 0.1) is 0 Å². The van der Waals surface area contributed by atoms with E-state index >= 15 is 0 Å². The molecule has 0 aliphatic heterocycles. The van der Waals surface area contributed by atoms with Gasteiger partial charge >= 0.3 is 0 Å². The Bertz CT molecular complexity index is 976. The van der Waals surface area contributed by atoms with Crippen molar-refractivity contribution < 1.29 is 4.84 Å². The predicted molar refractivity (Wildman–Crippen MR) is 110 cm³/mol. The first kappa shape index (κ1) is 20.3. The molecule has 0 saturated heterocycles. The lowest BCUT2D eigenvalue weighted by molar-refractivity contribution is 0.0650. The van der Waals surface area contributed by atoms with E-state index in [1.807, 2.05) is 0 Å². The van der Waals surface area contributed by atoms with Crippen LogP contribution >= 0.6 is 58.0 Å². The number of nitrogens with zero attached hydrogens (tertiary/aromatic N) is 3. The molecule has 0 spiro atoms. The molecule has 27 heavy (non-hydrogen) atoms. The molecule has 3 aromatic rings. The second kappa shape index (κ2) is 9.15. The Morgan fingerprint density at radius 1 is 1.04 bits per heavy atom. The van der Waals surface area contributed by atoms with Gasteiger partial charge in [0.05, 0.1) is 27.0 Å². The molecular formula is C17H11Cl5N4O. The Hall–Kier alpha value is -1.47. The number of hydrogen-bond donors (Lipinski definition) is 1. The molecule has 0 unspecified atom stereocenters. The van der Waals surface area contributed by atoms with Crippen molar-refractivity contribution >= 4 is 69.9 Å². The zero-order chi connectivity index (χ0) is 19.4. The number of nitrogens with one attached hydrogen (secondary N) is 1. The maximum atomic E-state index is 6.31. The van der Waals surface area contributed by atoms with E-state index in [-0.39, 0.29) is 6.61 Å². The summed E-state index contributed by atoms with van der Waals surface area (Å²) in [4.78, 5) is 9.49. The fourth-order valence-corrected chi connectivity index (χ4v) is 3.33. The topological polar surface area (TPSA) is 52.0 Å². The largest absolute Gasteiger partial charge is 0.271 e. The Labute approximate surface area is 180 Å².